The van der Waals surface area contributed by atoms with Gasteiger partial charge in [-0.25, -0.2) is 9.97 Å². The predicted octanol–water partition coefficient (Wildman–Crippen LogP) is 3.26. The average Bonchev–Trinajstić information content (AvgIpc) is 2.33. The summed E-state index contributed by atoms with van der Waals surface area (Å²) >= 11 is 4.87. The normalized spacial score (nSPS) is 9.75. The minimum absolute atomic E-state index is 0.560. The third-order valence-corrected chi connectivity index (χ3v) is 3.66. The highest BCUT2D eigenvalue weighted by atomic mass is 79.9. The van der Waals surface area contributed by atoms with E-state index >= 15 is 0 Å². The first-order valence-electron chi connectivity index (χ1n) is 4.44. The van der Waals surface area contributed by atoms with Crippen molar-refractivity contribution in [1.82, 2.24) is 9.97 Å². The Bertz CT molecular complexity index is 534. The number of nitrogens with zero attached hydrogens (tertiary/aromatic N) is 3. The smallest absolute Gasteiger partial charge is 0.116 e. The summed E-state index contributed by atoms with van der Waals surface area (Å²) in [5.74, 6) is 0. The molecule has 2 heterocycles. The Hall–Kier alpha value is -1.38. The zero-order valence-corrected chi connectivity index (χ0v) is 10.5. The molecule has 0 aliphatic carbocycles. The monoisotopic (exact) mass is 291 g/mol. The number of pyridine rings is 2. The molecule has 0 atom stereocenters. The van der Waals surface area contributed by atoms with E-state index in [2.05, 4.69) is 25.9 Å². The molecule has 0 saturated carbocycles. The van der Waals surface area contributed by atoms with E-state index in [0.29, 0.717) is 5.56 Å². The second-order valence-electron chi connectivity index (χ2n) is 2.89. The summed E-state index contributed by atoms with van der Waals surface area (Å²) in [6.07, 6.45) is 3.29. The quantitative estimate of drug-likeness (QED) is 0.852. The van der Waals surface area contributed by atoms with Gasteiger partial charge in [-0.05, 0) is 52.0 Å². The van der Waals surface area contributed by atoms with Gasteiger partial charge in [0.1, 0.15) is 16.1 Å². The summed E-state index contributed by atoms with van der Waals surface area (Å²) in [6.45, 7) is 0. The Kier molecular flexibility index (Phi) is 3.54. The number of hydrogen-bond acceptors (Lipinski definition) is 4. The SMILES string of the molecule is N#Cc1ccc(Sc2ncccc2Br)nc1. The van der Waals surface area contributed by atoms with Gasteiger partial charge >= 0.3 is 0 Å². The maximum atomic E-state index is 8.65. The van der Waals surface area contributed by atoms with Crippen LogP contribution in [-0.2, 0) is 0 Å². The van der Waals surface area contributed by atoms with Crippen LogP contribution in [0.5, 0.6) is 0 Å². The van der Waals surface area contributed by atoms with Gasteiger partial charge in [0.05, 0.1) is 10.0 Å². The van der Waals surface area contributed by atoms with E-state index < -0.39 is 0 Å². The maximum absolute atomic E-state index is 8.65. The molecule has 2 aromatic heterocycles. The Morgan fingerprint density at radius 2 is 2.12 bits per heavy atom. The molecule has 5 heteroatoms. The Morgan fingerprint density at radius 3 is 2.75 bits per heavy atom. The lowest BCUT2D eigenvalue weighted by molar-refractivity contribution is 1.08. The number of hydrogen-bond donors (Lipinski definition) is 0. The lowest BCUT2D eigenvalue weighted by Gasteiger charge is -2.01. The van der Waals surface area contributed by atoms with Crippen LogP contribution in [0, 0.1) is 11.3 Å². The van der Waals surface area contributed by atoms with Crippen LogP contribution in [0.4, 0.5) is 0 Å². The summed E-state index contributed by atoms with van der Waals surface area (Å²) < 4.78 is 0.936. The van der Waals surface area contributed by atoms with Gasteiger partial charge < -0.3 is 0 Å². The van der Waals surface area contributed by atoms with E-state index in [1.54, 1.807) is 18.5 Å². The average molecular weight is 292 g/mol. The highest BCUT2D eigenvalue weighted by Crippen LogP contribution is 2.29. The van der Waals surface area contributed by atoms with E-state index in [4.69, 9.17) is 5.26 Å². The molecule has 2 rings (SSSR count). The summed E-state index contributed by atoms with van der Waals surface area (Å²) in [5, 5.41) is 10.3. The number of nitriles is 1. The van der Waals surface area contributed by atoms with Gasteiger partial charge in [-0.3, -0.25) is 0 Å². The number of halogens is 1. The standard InChI is InChI=1S/C11H6BrN3S/c12-9-2-1-5-14-11(9)16-10-4-3-8(6-13)7-15-10/h1-5,7H. The topological polar surface area (TPSA) is 49.6 Å². The second kappa shape index (κ2) is 5.10. The van der Waals surface area contributed by atoms with Crippen LogP contribution >= 0.6 is 27.7 Å². The van der Waals surface area contributed by atoms with Gasteiger partial charge in [0.15, 0.2) is 0 Å². The van der Waals surface area contributed by atoms with Gasteiger partial charge in [0.25, 0.3) is 0 Å². The van der Waals surface area contributed by atoms with Crippen molar-refractivity contribution in [3.05, 3.63) is 46.7 Å². The number of rotatable bonds is 2. The van der Waals surface area contributed by atoms with Gasteiger partial charge in [0.2, 0.25) is 0 Å². The van der Waals surface area contributed by atoms with Crippen LogP contribution in [0.25, 0.3) is 0 Å². The Morgan fingerprint density at radius 1 is 1.25 bits per heavy atom. The van der Waals surface area contributed by atoms with Gasteiger partial charge in [0, 0.05) is 12.4 Å². The molecule has 0 N–H and O–H groups in total. The van der Waals surface area contributed by atoms with Crippen molar-refractivity contribution in [2.75, 3.05) is 0 Å². The van der Waals surface area contributed by atoms with E-state index in [0.717, 1.165) is 14.5 Å². The Balaban J connectivity index is 2.22. The van der Waals surface area contributed by atoms with Crippen molar-refractivity contribution in [3.8, 4) is 6.07 Å². The van der Waals surface area contributed by atoms with Crippen LogP contribution in [0.1, 0.15) is 5.56 Å². The molecule has 0 bridgehead atoms. The fourth-order valence-corrected chi connectivity index (χ4v) is 2.27. The fourth-order valence-electron chi connectivity index (χ4n) is 1.05. The van der Waals surface area contributed by atoms with Gasteiger partial charge in [-0.1, -0.05) is 0 Å². The van der Waals surface area contributed by atoms with E-state index in [1.807, 2.05) is 24.3 Å². The summed E-state index contributed by atoms with van der Waals surface area (Å²) in [4.78, 5) is 8.39. The fraction of sp³-hybridized carbons (Fsp3) is 0. The van der Waals surface area contributed by atoms with Crippen LogP contribution in [0.15, 0.2) is 51.2 Å². The molecular weight excluding hydrogens is 286 g/mol. The lowest BCUT2D eigenvalue weighted by Crippen LogP contribution is -1.84. The first-order valence-corrected chi connectivity index (χ1v) is 6.05. The predicted molar refractivity (Wildman–Crippen MR) is 65.0 cm³/mol. The zero-order chi connectivity index (χ0) is 11.4. The molecule has 78 valence electrons. The van der Waals surface area contributed by atoms with Crippen LogP contribution in [-0.4, -0.2) is 9.97 Å². The van der Waals surface area contributed by atoms with Crippen molar-refractivity contribution < 1.29 is 0 Å². The summed E-state index contributed by atoms with van der Waals surface area (Å²) in [5.41, 5.74) is 0.560. The third kappa shape index (κ3) is 2.60. The van der Waals surface area contributed by atoms with E-state index in [-0.39, 0.29) is 0 Å². The van der Waals surface area contributed by atoms with Crippen molar-refractivity contribution in [3.63, 3.8) is 0 Å². The molecule has 2 aromatic rings. The molecule has 0 spiro atoms. The number of aromatic nitrogens is 2. The van der Waals surface area contributed by atoms with Crippen LogP contribution in [0.3, 0.4) is 0 Å². The maximum Gasteiger partial charge on any atom is 0.116 e. The molecule has 0 aliphatic heterocycles. The minimum Gasteiger partial charge on any atom is -0.248 e. The van der Waals surface area contributed by atoms with Crippen molar-refractivity contribution in [2.45, 2.75) is 10.1 Å². The Labute approximate surface area is 106 Å². The van der Waals surface area contributed by atoms with Crippen molar-refractivity contribution >= 4 is 27.7 Å². The van der Waals surface area contributed by atoms with E-state index in [9.17, 15) is 0 Å². The molecule has 0 fully saturated rings. The van der Waals surface area contributed by atoms with Crippen LogP contribution in [0.2, 0.25) is 0 Å². The van der Waals surface area contributed by atoms with Crippen LogP contribution < -0.4 is 0 Å². The largest absolute Gasteiger partial charge is 0.248 e. The second-order valence-corrected chi connectivity index (χ2v) is 4.75. The zero-order valence-electron chi connectivity index (χ0n) is 8.09. The molecule has 0 aliphatic rings. The molecule has 0 amide bonds. The molecule has 16 heavy (non-hydrogen) atoms. The first-order chi connectivity index (χ1) is 7.79. The van der Waals surface area contributed by atoms with E-state index in [1.165, 1.54) is 11.8 Å². The lowest BCUT2D eigenvalue weighted by atomic mass is 10.3. The molecule has 0 unspecified atom stereocenters. The molecule has 3 nitrogen and oxygen atoms in total. The summed E-state index contributed by atoms with van der Waals surface area (Å²) in [7, 11) is 0. The third-order valence-electron chi connectivity index (χ3n) is 1.79. The first kappa shape index (κ1) is 11.1. The molecule has 0 saturated heterocycles. The summed E-state index contributed by atoms with van der Waals surface area (Å²) in [6, 6.07) is 9.38. The molecular formula is C11H6BrN3S. The van der Waals surface area contributed by atoms with Gasteiger partial charge in [-0.2, -0.15) is 5.26 Å². The molecule has 0 aromatic carbocycles. The van der Waals surface area contributed by atoms with Gasteiger partial charge in [-0.15, -0.1) is 0 Å². The highest BCUT2D eigenvalue weighted by Gasteiger charge is 2.03. The van der Waals surface area contributed by atoms with Crippen molar-refractivity contribution in [1.29, 1.82) is 5.26 Å². The highest BCUT2D eigenvalue weighted by molar-refractivity contribution is 9.10. The molecule has 0 radical (unpaired) electrons. The minimum atomic E-state index is 0.560. The van der Waals surface area contributed by atoms with Crippen molar-refractivity contribution in [2.24, 2.45) is 0 Å².